The van der Waals surface area contributed by atoms with Gasteiger partial charge in [-0.1, -0.05) is 6.92 Å². The Morgan fingerprint density at radius 2 is 2.36 bits per heavy atom. The van der Waals surface area contributed by atoms with E-state index < -0.39 is 0 Å². The normalized spacial score (nSPS) is 21.2. The van der Waals surface area contributed by atoms with Crippen molar-refractivity contribution < 1.29 is 9.53 Å². The van der Waals surface area contributed by atoms with Gasteiger partial charge in [0.1, 0.15) is 11.0 Å². The van der Waals surface area contributed by atoms with Crippen molar-refractivity contribution in [2.75, 3.05) is 6.61 Å². The van der Waals surface area contributed by atoms with Gasteiger partial charge >= 0.3 is 0 Å². The number of ether oxygens (including phenoxy) is 1. The fourth-order valence-corrected chi connectivity index (χ4v) is 3.42. The van der Waals surface area contributed by atoms with Crippen LogP contribution in [0.1, 0.15) is 45.4 Å². The van der Waals surface area contributed by atoms with Gasteiger partial charge < -0.3 is 10.1 Å². The molecule has 1 amide bonds. The minimum atomic E-state index is -0.129. The standard InChI is InChI=1S/C15H20N4O2S/c1-4-13-16-8-12(22-13)15(20)18-11-5-6-21-14(11)10-7-17-19(3)9(10)2/h7-8,11,14H,4-6H2,1-3H3,(H,18,20)/t11-,14+/m0/s1. The molecule has 1 fully saturated rings. The Morgan fingerprint density at radius 3 is 3.00 bits per heavy atom. The molecular formula is C15H20N4O2S. The first-order valence-corrected chi connectivity index (χ1v) is 8.27. The van der Waals surface area contributed by atoms with E-state index in [0.29, 0.717) is 11.5 Å². The van der Waals surface area contributed by atoms with E-state index >= 15 is 0 Å². The van der Waals surface area contributed by atoms with E-state index in [4.69, 9.17) is 4.74 Å². The van der Waals surface area contributed by atoms with E-state index in [2.05, 4.69) is 15.4 Å². The van der Waals surface area contributed by atoms with Gasteiger partial charge in [0, 0.05) is 24.9 Å². The molecule has 0 aliphatic carbocycles. The highest BCUT2D eigenvalue weighted by Gasteiger charge is 2.33. The highest BCUT2D eigenvalue weighted by molar-refractivity contribution is 7.13. The molecule has 1 N–H and O–H groups in total. The first-order chi connectivity index (χ1) is 10.6. The largest absolute Gasteiger partial charge is 0.371 e. The Kier molecular flexibility index (Phi) is 4.26. The van der Waals surface area contributed by atoms with E-state index in [9.17, 15) is 4.79 Å². The summed E-state index contributed by atoms with van der Waals surface area (Å²) in [6, 6.07) is -0.0254. The predicted molar refractivity (Wildman–Crippen MR) is 84.0 cm³/mol. The molecule has 3 heterocycles. The lowest BCUT2D eigenvalue weighted by Gasteiger charge is -2.19. The van der Waals surface area contributed by atoms with Crippen LogP contribution in [0.2, 0.25) is 0 Å². The van der Waals surface area contributed by atoms with Crippen LogP contribution in [0.25, 0.3) is 0 Å². The molecule has 118 valence electrons. The Balaban J connectivity index is 1.73. The van der Waals surface area contributed by atoms with Crippen LogP contribution in [0.4, 0.5) is 0 Å². The number of aryl methyl sites for hydroxylation is 2. The van der Waals surface area contributed by atoms with Crippen molar-refractivity contribution in [3.8, 4) is 0 Å². The van der Waals surface area contributed by atoms with Crippen LogP contribution in [0.3, 0.4) is 0 Å². The van der Waals surface area contributed by atoms with Gasteiger partial charge in [0.15, 0.2) is 0 Å². The monoisotopic (exact) mass is 320 g/mol. The van der Waals surface area contributed by atoms with Gasteiger partial charge in [0.2, 0.25) is 0 Å². The molecule has 0 aromatic carbocycles. The van der Waals surface area contributed by atoms with Crippen molar-refractivity contribution in [3.63, 3.8) is 0 Å². The minimum absolute atomic E-state index is 0.0254. The Hall–Kier alpha value is -1.73. The Bertz CT molecular complexity index is 679. The van der Waals surface area contributed by atoms with Crippen molar-refractivity contribution in [1.29, 1.82) is 0 Å². The third kappa shape index (κ3) is 2.78. The molecule has 22 heavy (non-hydrogen) atoms. The smallest absolute Gasteiger partial charge is 0.263 e. The zero-order valence-electron chi connectivity index (χ0n) is 13.0. The number of nitrogens with one attached hydrogen (secondary N) is 1. The molecular weight excluding hydrogens is 300 g/mol. The number of hydrogen-bond donors (Lipinski definition) is 1. The molecule has 0 saturated carbocycles. The average molecular weight is 320 g/mol. The maximum Gasteiger partial charge on any atom is 0.263 e. The highest BCUT2D eigenvalue weighted by atomic mass is 32.1. The van der Waals surface area contributed by atoms with E-state index in [1.807, 2.05) is 31.8 Å². The Morgan fingerprint density at radius 1 is 1.55 bits per heavy atom. The van der Waals surface area contributed by atoms with Gasteiger partial charge in [-0.25, -0.2) is 4.98 Å². The molecule has 1 aliphatic rings. The highest BCUT2D eigenvalue weighted by Crippen LogP contribution is 2.31. The molecule has 0 bridgehead atoms. The van der Waals surface area contributed by atoms with Crippen molar-refractivity contribution in [2.24, 2.45) is 7.05 Å². The first kappa shape index (κ1) is 15.2. The summed E-state index contributed by atoms with van der Waals surface area (Å²) in [5.41, 5.74) is 2.11. The van der Waals surface area contributed by atoms with E-state index in [0.717, 1.165) is 29.1 Å². The molecule has 7 heteroatoms. The van der Waals surface area contributed by atoms with Gasteiger partial charge in [0.05, 0.1) is 23.4 Å². The first-order valence-electron chi connectivity index (χ1n) is 7.45. The lowest BCUT2D eigenvalue weighted by Crippen LogP contribution is -2.36. The number of rotatable bonds is 4. The Labute approximate surface area is 133 Å². The number of amides is 1. The molecule has 1 saturated heterocycles. The molecule has 2 aromatic rings. The fraction of sp³-hybridized carbons (Fsp3) is 0.533. The number of carbonyl (C=O) groups is 1. The van der Waals surface area contributed by atoms with Crippen molar-refractivity contribution >= 4 is 17.2 Å². The molecule has 1 aliphatic heterocycles. The zero-order valence-corrected chi connectivity index (χ0v) is 13.8. The molecule has 0 unspecified atom stereocenters. The van der Waals surface area contributed by atoms with E-state index in [-0.39, 0.29) is 18.1 Å². The second-order valence-corrected chi connectivity index (χ2v) is 6.56. The van der Waals surface area contributed by atoms with Gasteiger partial charge in [0.25, 0.3) is 5.91 Å². The fourth-order valence-electron chi connectivity index (χ4n) is 2.66. The van der Waals surface area contributed by atoms with Crippen LogP contribution < -0.4 is 5.32 Å². The van der Waals surface area contributed by atoms with Crippen molar-refractivity contribution in [1.82, 2.24) is 20.1 Å². The van der Waals surface area contributed by atoms with Crippen LogP contribution in [0.5, 0.6) is 0 Å². The predicted octanol–water partition coefficient (Wildman–Crippen LogP) is 2.01. The number of nitrogens with zero attached hydrogens (tertiary/aromatic N) is 3. The quantitative estimate of drug-likeness (QED) is 0.935. The molecule has 6 nitrogen and oxygen atoms in total. The summed E-state index contributed by atoms with van der Waals surface area (Å²) in [5, 5.41) is 8.33. The number of hydrogen-bond acceptors (Lipinski definition) is 5. The van der Waals surface area contributed by atoms with Gasteiger partial charge in [-0.2, -0.15) is 5.10 Å². The van der Waals surface area contributed by atoms with E-state index in [1.165, 1.54) is 11.3 Å². The van der Waals surface area contributed by atoms with Crippen LogP contribution in [0, 0.1) is 6.92 Å². The number of thiazole rings is 1. The third-order valence-electron chi connectivity index (χ3n) is 4.07. The molecule has 0 spiro atoms. The van der Waals surface area contributed by atoms with Gasteiger partial charge in [-0.3, -0.25) is 9.48 Å². The summed E-state index contributed by atoms with van der Waals surface area (Å²) in [5.74, 6) is -0.0701. The number of aromatic nitrogens is 3. The third-order valence-corrected chi connectivity index (χ3v) is 5.21. The molecule has 0 radical (unpaired) electrons. The van der Waals surface area contributed by atoms with Crippen LogP contribution in [-0.2, 0) is 18.2 Å². The van der Waals surface area contributed by atoms with Crippen molar-refractivity contribution in [2.45, 2.75) is 38.8 Å². The second kappa shape index (κ2) is 6.18. The van der Waals surface area contributed by atoms with Crippen LogP contribution in [0.15, 0.2) is 12.4 Å². The zero-order chi connectivity index (χ0) is 15.7. The summed E-state index contributed by atoms with van der Waals surface area (Å²) in [7, 11) is 1.91. The summed E-state index contributed by atoms with van der Waals surface area (Å²) in [4.78, 5) is 17.3. The molecule has 2 aromatic heterocycles. The molecule has 3 rings (SSSR count). The average Bonchev–Trinajstić information content (AvgIpc) is 3.21. The summed E-state index contributed by atoms with van der Waals surface area (Å²) < 4.78 is 7.65. The van der Waals surface area contributed by atoms with Crippen LogP contribution >= 0.6 is 11.3 Å². The maximum absolute atomic E-state index is 12.4. The SMILES string of the molecule is CCc1ncc(C(=O)N[C@H]2CCO[C@@H]2c2cnn(C)c2C)s1. The topological polar surface area (TPSA) is 69.0 Å². The van der Waals surface area contributed by atoms with Gasteiger partial charge in [-0.15, -0.1) is 11.3 Å². The number of carbonyl (C=O) groups excluding carboxylic acids is 1. The minimum Gasteiger partial charge on any atom is -0.371 e. The molecule has 2 atom stereocenters. The van der Waals surface area contributed by atoms with Gasteiger partial charge in [-0.05, 0) is 19.8 Å². The second-order valence-electron chi connectivity index (χ2n) is 5.44. The maximum atomic E-state index is 12.4. The summed E-state index contributed by atoms with van der Waals surface area (Å²) in [6.45, 7) is 4.69. The van der Waals surface area contributed by atoms with Crippen LogP contribution in [-0.4, -0.2) is 33.3 Å². The lowest BCUT2D eigenvalue weighted by atomic mass is 10.0. The summed E-state index contributed by atoms with van der Waals surface area (Å²) in [6.07, 6.45) is 5.01. The van der Waals surface area contributed by atoms with E-state index in [1.54, 1.807) is 6.20 Å². The van der Waals surface area contributed by atoms with Crippen molar-refractivity contribution in [3.05, 3.63) is 33.5 Å². The summed E-state index contributed by atoms with van der Waals surface area (Å²) >= 11 is 1.45. The lowest BCUT2D eigenvalue weighted by molar-refractivity contribution is 0.0822.